The van der Waals surface area contributed by atoms with Gasteiger partial charge in [0.2, 0.25) is 11.8 Å². The van der Waals surface area contributed by atoms with Gasteiger partial charge in [-0.05, 0) is 36.2 Å². The van der Waals surface area contributed by atoms with Crippen LogP contribution in [0.4, 0.5) is 11.4 Å². The van der Waals surface area contributed by atoms with Crippen LogP contribution < -0.4 is 10.2 Å². The highest BCUT2D eigenvalue weighted by Gasteiger charge is 2.26. The number of carbonyl (C=O) groups excluding carboxylic acids is 2. The second kappa shape index (κ2) is 6.84. The standard InChI is InChI=1S/C20H18N4O2/c25-19-14-23(18-9-5-4-8-17(18)22-19)20(26)11-10-15-12-21-24(13-15)16-6-2-1-3-7-16/h1-9,12-13H,10-11,14H2,(H,22,25). The van der Waals surface area contributed by atoms with Gasteiger partial charge in [-0.15, -0.1) is 0 Å². The van der Waals surface area contributed by atoms with Gasteiger partial charge in [0.1, 0.15) is 6.54 Å². The minimum absolute atomic E-state index is 0.0547. The Labute approximate surface area is 151 Å². The molecule has 0 aliphatic carbocycles. The second-order valence-electron chi connectivity index (χ2n) is 6.17. The fraction of sp³-hybridized carbons (Fsp3) is 0.150. The first kappa shape index (κ1) is 16.1. The largest absolute Gasteiger partial charge is 0.323 e. The van der Waals surface area contributed by atoms with Gasteiger partial charge < -0.3 is 10.2 Å². The maximum Gasteiger partial charge on any atom is 0.244 e. The summed E-state index contributed by atoms with van der Waals surface area (Å²) in [7, 11) is 0. The van der Waals surface area contributed by atoms with Crippen molar-refractivity contribution in [3.05, 3.63) is 72.6 Å². The van der Waals surface area contributed by atoms with Crippen LogP contribution in [0.5, 0.6) is 0 Å². The molecule has 1 aliphatic rings. The minimum Gasteiger partial charge on any atom is -0.323 e. The molecular weight excluding hydrogens is 328 g/mol. The summed E-state index contributed by atoms with van der Waals surface area (Å²) in [6.45, 7) is 0.0547. The van der Waals surface area contributed by atoms with Crippen LogP contribution in [0.25, 0.3) is 5.69 Å². The van der Waals surface area contributed by atoms with E-state index < -0.39 is 0 Å². The van der Waals surface area contributed by atoms with Crippen molar-refractivity contribution in [1.82, 2.24) is 9.78 Å². The lowest BCUT2D eigenvalue weighted by Crippen LogP contribution is -2.42. The van der Waals surface area contributed by atoms with E-state index in [4.69, 9.17) is 0 Å². The summed E-state index contributed by atoms with van der Waals surface area (Å²) in [5.74, 6) is -0.242. The molecule has 130 valence electrons. The Morgan fingerprint density at radius 1 is 1.08 bits per heavy atom. The number of hydrogen-bond acceptors (Lipinski definition) is 3. The summed E-state index contributed by atoms with van der Waals surface area (Å²) in [5.41, 5.74) is 3.38. The molecule has 0 bridgehead atoms. The molecule has 26 heavy (non-hydrogen) atoms. The fourth-order valence-electron chi connectivity index (χ4n) is 3.05. The van der Waals surface area contributed by atoms with Crippen LogP contribution in [-0.4, -0.2) is 28.1 Å². The summed E-state index contributed by atoms with van der Waals surface area (Å²) in [6, 6.07) is 17.2. The minimum atomic E-state index is -0.172. The highest BCUT2D eigenvalue weighted by molar-refractivity contribution is 6.09. The Morgan fingerprint density at radius 2 is 1.85 bits per heavy atom. The maximum atomic E-state index is 12.7. The molecule has 0 unspecified atom stereocenters. The van der Waals surface area contributed by atoms with E-state index in [1.165, 1.54) is 0 Å². The molecule has 0 saturated carbocycles. The van der Waals surface area contributed by atoms with Crippen LogP contribution in [0.15, 0.2) is 67.0 Å². The van der Waals surface area contributed by atoms with E-state index in [1.54, 1.807) is 21.8 Å². The topological polar surface area (TPSA) is 67.2 Å². The molecule has 2 amide bonds. The molecule has 0 radical (unpaired) electrons. The van der Waals surface area contributed by atoms with Gasteiger partial charge in [-0.25, -0.2) is 4.68 Å². The molecule has 0 spiro atoms. The number of benzene rings is 2. The number of hydrogen-bond donors (Lipinski definition) is 1. The van der Waals surface area contributed by atoms with Crippen molar-refractivity contribution in [3.8, 4) is 5.69 Å². The summed E-state index contributed by atoms with van der Waals surface area (Å²) in [5, 5.41) is 7.15. The molecular formula is C20H18N4O2. The maximum absolute atomic E-state index is 12.7. The van der Waals surface area contributed by atoms with E-state index >= 15 is 0 Å². The van der Waals surface area contributed by atoms with Gasteiger partial charge in [-0.3, -0.25) is 9.59 Å². The first-order chi connectivity index (χ1) is 12.7. The van der Waals surface area contributed by atoms with Crippen molar-refractivity contribution < 1.29 is 9.59 Å². The molecule has 2 aromatic carbocycles. The van der Waals surface area contributed by atoms with Gasteiger partial charge in [0, 0.05) is 12.6 Å². The summed E-state index contributed by atoms with van der Waals surface area (Å²) < 4.78 is 1.80. The summed E-state index contributed by atoms with van der Waals surface area (Å²) in [4.78, 5) is 26.1. The van der Waals surface area contributed by atoms with E-state index in [0.29, 0.717) is 18.5 Å². The van der Waals surface area contributed by atoms with Gasteiger partial charge in [-0.2, -0.15) is 5.10 Å². The van der Waals surface area contributed by atoms with Crippen molar-refractivity contribution in [2.24, 2.45) is 0 Å². The van der Waals surface area contributed by atoms with Crippen LogP contribution in [0.2, 0.25) is 0 Å². The third kappa shape index (κ3) is 3.21. The Balaban J connectivity index is 1.45. The van der Waals surface area contributed by atoms with Crippen LogP contribution in [-0.2, 0) is 16.0 Å². The Hall–Kier alpha value is -3.41. The van der Waals surface area contributed by atoms with Crippen molar-refractivity contribution in [2.45, 2.75) is 12.8 Å². The number of nitrogens with one attached hydrogen (secondary N) is 1. The van der Waals surface area contributed by atoms with Crippen molar-refractivity contribution >= 4 is 23.2 Å². The van der Waals surface area contributed by atoms with Crippen LogP contribution >= 0.6 is 0 Å². The smallest absolute Gasteiger partial charge is 0.244 e. The summed E-state index contributed by atoms with van der Waals surface area (Å²) >= 11 is 0. The number of anilines is 2. The zero-order valence-corrected chi connectivity index (χ0v) is 14.1. The number of aryl methyl sites for hydroxylation is 1. The Bertz CT molecular complexity index is 949. The first-order valence-corrected chi connectivity index (χ1v) is 8.49. The van der Waals surface area contributed by atoms with E-state index in [1.807, 2.05) is 54.7 Å². The number of fused-ring (bicyclic) bond motifs is 1. The van der Waals surface area contributed by atoms with E-state index in [9.17, 15) is 9.59 Å². The van der Waals surface area contributed by atoms with Gasteiger partial charge in [-0.1, -0.05) is 30.3 Å². The molecule has 6 nitrogen and oxygen atoms in total. The third-order valence-corrected chi connectivity index (χ3v) is 4.36. The van der Waals surface area contributed by atoms with Gasteiger partial charge in [0.25, 0.3) is 0 Å². The number of para-hydroxylation sites is 3. The fourth-order valence-corrected chi connectivity index (χ4v) is 3.05. The van der Waals surface area contributed by atoms with Gasteiger partial charge in [0.15, 0.2) is 0 Å². The zero-order valence-electron chi connectivity index (χ0n) is 14.1. The van der Waals surface area contributed by atoms with Gasteiger partial charge in [0.05, 0.1) is 23.3 Å². The molecule has 2 heterocycles. The van der Waals surface area contributed by atoms with Crippen LogP contribution in [0, 0.1) is 0 Å². The zero-order chi connectivity index (χ0) is 17.9. The van der Waals surface area contributed by atoms with Crippen molar-refractivity contribution in [3.63, 3.8) is 0 Å². The second-order valence-corrected chi connectivity index (χ2v) is 6.17. The van der Waals surface area contributed by atoms with Crippen molar-refractivity contribution in [2.75, 3.05) is 16.8 Å². The monoisotopic (exact) mass is 346 g/mol. The average molecular weight is 346 g/mol. The van der Waals surface area contributed by atoms with Crippen LogP contribution in [0.1, 0.15) is 12.0 Å². The Kier molecular flexibility index (Phi) is 4.23. The number of amides is 2. The predicted octanol–water partition coefficient (Wildman–Crippen LogP) is 2.79. The molecule has 3 aromatic rings. The first-order valence-electron chi connectivity index (χ1n) is 8.49. The molecule has 0 atom stereocenters. The lowest BCUT2D eigenvalue weighted by molar-refractivity contribution is -0.121. The SMILES string of the molecule is O=C1CN(C(=O)CCc2cnn(-c3ccccc3)c2)c2ccccc2N1. The molecule has 1 N–H and O–H groups in total. The molecule has 0 saturated heterocycles. The van der Waals surface area contributed by atoms with E-state index in [0.717, 1.165) is 16.9 Å². The quantitative estimate of drug-likeness (QED) is 0.790. The number of nitrogens with zero attached hydrogens (tertiary/aromatic N) is 3. The van der Waals surface area contributed by atoms with Gasteiger partial charge >= 0.3 is 0 Å². The molecule has 4 rings (SSSR count). The summed E-state index contributed by atoms with van der Waals surface area (Å²) in [6.07, 6.45) is 4.60. The highest BCUT2D eigenvalue weighted by atomic mass is 16.2. The third-order valence-electron chi connectivity index (χ3n) is 4.36. The highest BCUT2D eigenvalue weighted by Crippen LogP contribution is 2.29. The van der Waals surface area contributed by atoms with Crippen molar-refractivity contribution in [1.29, 1.82) is 0 Å². The van der Waals surface area contributed by atoms with E-state index in [-0.39, 0.29) is 18.4 Å². The molecule has 1 aromatic heterocycles. The normalized spacial score (nSPS) is 13.2. The van der Waals surface area contributed by atoms with E-state index in [2.05, 4.69) is 10.4 Å². The molecule has 0 fully saturated rings. The Morgan fingerprint density at radius 3 is 2.69 bits per heavy atom. The van der Waals surface area contributed by atoms with Crippen LogP contribution in [0.3, 0.4) is 0 Å². The number of carbonyl (C=O) groups is 2. The average Bonchev–Trinajstić information content (AvgIpc) is 3.15. The predicted molar refractivity (Wildman–Crippen MR) is 99.3 cm³/mol. The molecule has 1 aliphatic heterocycles. The number of rotatable bonds is 4. The molecule has 6 heteroatoms. The lowest BCUT2D eigenvalue weighted by atomic mass is 10.1. The lowest BCUT2D eigenvalue weighted by Gasteiger charge is -2.29. The number of aromatic nitrogens is 2.